The minimum absolute atomic E-state index is 0.0371. The number of nitrogens with one attached hydrogen (secondary N) is 1. The summed E-state index contributed by atoms with van der Waals surface area (Å²) in [7, 11) is 2.05. The van der Waals surface area contributed by atoms with Crippen molar-refractivity contribution in [3.8, 4) is 0 Å². The van der Waals surface area contributed by atoms with Gasteiger partial charge in [-0.1, -0.05) is 0 Å². The highest BCUT2D eigenvalue weighted by Crippen LogP contribution is 2.39. The van der Waals surface area contributed by atoms with E-state index in [0.29, 0.717) is 17.6 Å². The summed E-state index contributed by atoms with van der Waals surface area (Å²) >= 11 is 0. The van der Waals surface area contributed by atoms with Gasteiger partial charge in [0.15, 0.2) is 5.76 Å². The Kier molecular flexibility index (Phi) is 5.41. The molecule has 1 amide bonds. The largest absolute Gasteiger partial charge is 0.459 e. The van der Waals surface area contributed by atoms with E-state index in [4.69, 9.17) is 9.15 Å². The van der Waals surface area contributed by atoms with Crippen molar-refractivity contribution in [2.75, 3.05) is 19.7 Å². The van der Waals surface area contributed by atoms with Crippen molar-refractivity contribution in [3.05, 3.63) is 41.9 Å². The molecular formula is C23H32N4O3. The molecule has 1 aliphatic heterocycles. The molecule has 162 valence electrons. The molecule has 1 N–H and O–H groups in total. The van der Waals surface area contributed by atoms with E-state index in [-0.39, 0.29) is 18.1 Å². The lowest BCUT2D eigenvalue weighted by molar-refractivity contribution is -0.0214. The Labute approximate surface area is 177 Å². The van der Waals surface area contributed by atoms with Crippen molar-refractivity contribution in [2.24, 2.45) is 24.8 Å². The number of carbonyl (C=O) groups excluding carboxylic acids is 1. The highest BCUT2D eigenvalue weighted by atomic mass is 16.5. The van der Waals surface area contributed by atoms with Crippen LogP contribution in [0.4, 0.5) is 0 Å². The summed E-state index contributed by atoms with van der Waals surface area (Å²) < 4.78 is 13.9. The first-order chi connectivity index (χ1) is 14.6. The summed E-state index contributed by atoms with van der Waals surface area (Å²) in [6, 6.07) is 1.87. The van der Waals surface area contributed by atoms with Gasteiger partial charge in [0.2, 0.25) is 0 Å². The normalized spacial score (nSPS) is 29.1. The SMILES string of the molecule is Cc1ccoc1C(=O)N[C@H]1C[C@H]2CN(Cc3nccn3C)C[C@H]2C[C@@H]1OCC1CC1. The summed E-state index contributed by atoms with van der Waals surface area (Å²) in [5, 5.41) is 3.25. The second-order valence-corrected chi connectivity index (χ2v) is 9.47. The first-order valence-corrected chi connectivity index (χ1v) is 11.2. The van der Waals surface area contributed by atoms with E-state index in [1.807, 2.05) is 25.4 Å². The van der Waals surface area contributed by atoms with E-state index < -0.39 is 0 Å². The third-order valence-corrected chi connectivity index (χ3v) is 7.11. The maximum absolute atomic E-state index is 12.8. The van der Waals surface area contributed by atoms with Gasteiger partial charge in [0.05, 0.1) is 25.0 Å². The monoisotopic (exact) mass is 412 g/mol. The Morgan fingerprint density at radius 2 is 2.10 bits per heavy atom. The third-order valence-electron chi connectivity index (χ3n) is 7.11. The number of ether oxygens (including phenoxy) is 1. The summed E-state index contributed by atoms with van der Waals surface area (Å²) in [5.74, 6) is 3.31. The minimum atomic E-state index is -0.121. The molecule has 2 aromatic heterocycles. The van der Waals surface area contributed by atoms with Crippen LogP contribution >= 0.6 is 0 Å². The van der Waals surface area contributed by atoms with Gasteiger partial charge in [-0.2, -0.15) is 0 Å². The number of furan rings is 1. The van der Waals surface area contributed by atoms with Crippen LogP contribution in [-0.4, -0.2) is 52.2 Å². The van der Waals surface area contributed by atoms with E-state index >= 15 is 0 Å². The second kappa shape index (κ2) is 8.19. The number of hydrogen-bond acceptors (Lipinski definition) is 5. The minimum Gasteiger partial charge on any atom is -0.459 e. The molecule has 3 aliphatic rings. The number of fused-ring (bicyclic) bond motifs is 1. The fourth-order valence-electron chi connectivity index (χ4n) is 5.11. The van der Waals surface area contributed by atoms with Gasteiger partial charge < -0.3 is 19.0 Å². The smallest absolute Gasteiger partial charge is 0.287 e. The number of aromatic nitrogens is 2. The van der Waals surface area contributed by atoms with Crippen LogP contribution in [0.3, 0.4) is 0 Å². The Morgan fingerprint density at radius 1 is 1.30 bits per heavy atom. The van der Waals surface area contributed by atoms with Crippen LogP contribution < -0.4 is 5.32 Å². The Morgan fingerprint density at radius 3 is 2.77 bits per heavy atom. The number of imidazole rings is 1. The predicted octanol–water partition coefficient (Wildman–Crippen LogP) is 2.76. The molecule has 0 unspecified atom stereocenters. The molecule has 5 rings (SSSR count). The molecule has 0 bridgehead atoms. The number of rotatable bonds is 7. The van der Waals surface area contributed by atoms with E-state index in [9.17, 15) is 4.79 Å². The lowest BCUT2D eigenvalue weighted by Crippen LogP contribution is -2.50. The van der Waals surface area contributed by atoms with E-state index in [1.165, 1.54) is 12.8 Å². The Hall–Kier alpha value is -2.12. The summed E-state index contributed by atoms with van der Waals surface area (Å²) in [6.07, 6.45) is 10.1. The highest BCUT2D eigenvalue weighted by Gasteiger charge is 2.44. The summed E-state index contributed by atoms with van der Waals surface area (Å²) in [6.45, 7) is 5.75. The Balaban J connectivity index is 1.26. The van der Waals surface area contributed by atoms with Crippen molar-refractivity contribution in [1.82, 2.24) is 19.8 Å². The standard InChI is InChI=1S/C23H32N4O3/c1-15-5-8-29-22(15)23(28)25-19-9-17-11-27(13-21-24-6-7-26(21)2)12-18(17)10-20(19)30-14-16-3-4-16/h5-8,16-20H,3-4,9-14H2,1-2H3,(H,25,28)/t17-,18+,19-,20-/m0/s1. The highest BCUT2D eigenvalue weighted by molar-refractivity contribution is 5.93. The fraction of sp³-hybridized carbons (Fsp3) is 0.652. The predicted molar refractivity (Wildman–Crippen MR) is 112 cm³/mol. The van der Waals surface area contributed by atoms with Gasteiger partial charge in [-0.3, -0.25) is 9.69 Å². The van der Waals surface area contributed by atoms with Crippen molar-refractivity contribution in [2.45, 2.75) is 51.3 Å². The van der Waals surface area contributed by atoms with Crippen LogP contribution in [0.25, 0.3) is 0 Å². The quantitative estimate of drug-likeness (QED) is 0.757. The number of hydrogen-bond donors (Lipinski definition) is 1. The van der Waals surface area contributed by atoms with Crippen molar-refractivity contribution >= 4 is 5.91 Å². The molecule has 2 saturated carbocycles. The molecule has 2 aliphatic carbocycles. The average molecular weight is 413 g/mol. The van der Waals surface area contributed by atoms with Gasteiger partial charge in [-0.25, -0.2) is 4.98 Å². The van der Waals surface area contributed by atoms with Gasteiger partial charge in [0, 0.05) is 44.7 Å². The molecule has 0 aromatic carbocycles. The zero-order chi connectivity index (χ0) is 20.7. The number of nitrogens with zero attached hydrogens (tertiary/aromatic N) is 3. The van der Waals surface area contributed by atoms with Crippen molar-refractivity contribution < 1.29 is 13.9 Å². The molecule has 7 heteroatoms. The van der Waals surface area contributed by atoms with Crippen molar-refractivity contribution in [3.63, 3.8) is 0 Å². The molecule has 0 radical (unpaired) electrons. The number of aryl methyl sites for hydroxylation is 2. The van der Waals surface area contributed by atoms with E-state index in [1.54, 1.807) is 6.26 Å². The summed E-state index contributed by atoms with van der Waals surface area (Å²) in [5.41, 5.74) is 0.874. The topological polar surface area (TPSA) is 72.5 Å². The van der Waals surface area contributed by atoms with Crippen LogP contribution in [0.5, 0.6) is 0 Å². The van der Waals surface area contributed by atoms with Gasteiger partial charge in [0.1, 0.15) is 5.82 Å². The van der Waals surface area contributed by atoms with Gasteiger partial charge >= 0.3 is 0 Å². The molecule has 3 heterocycles. The summed E-state index contributed by atoms with van der Waals surface area (Å²) in [4.78, 5) is 19.8. The average Bonchev–Trinajstić information content (AvgIpc) is 3.09. The molecule has 3 fully saturated rings. The molecule has 2 aromatic rings. The molecule has 0 spiro atoms. The lowest BCUT2D eigenvalue weighted by Gasteiger charge is -2.38. The van der Waals surface area contributed by atoms with Crippen LogP contribution in [0, 0.1) is 24.7 Å². The Bertz CT molecular complexity index is 887. The van der Waals surface area contributed by atoms with Gasteiger partial charge in [0.25, 0.3) is 5.91 Å². The maximum Gasteiger partial charge on any atom is 0.287 e. The third kappa shape index (κ3) is 4.18. The maximum atomic E-state index is 12.8. The lowest BCUT2D eigenvalue weighted by atomic mass is 9.77. The zero-order valence-corrected chi connectivity index (χ0v) is 17.9. The zero-order valence-electron chi connectivity index (χ0n) is 17.9. The molecule has 30 heavy (non-hydrogen) atoms. The fourth-order valence-corrected chi connectivity index (χ4v) is 5.11. The first-order valence-electron chi connectivity index (χ1n) is 11.2. The number of likely N-dealkylation sites (tertiary alicyclic amines) is 1. The van der Waals surface area contributed by atoms with Crippen LogP contribution in [0.1, 0.15) is 47.6 Å². The van der Waals surface area contributed by atoms with Crippen LogP contribution in [0.15, 0.2) is 29.1 Å². The first kappa shape index (κ1) is 19.8. The number of carbonyl (C=O) groups is 1. The second-order valence-electron chi connectivity index (χ2n) is 9.47. The van der Waals surface area contributed by atoms with E-state index in [0.717, 1.165) is 56.4 Å². The molecule has 1 saturated heterocycles. The van der Waals surface area contributed by atoms with Crippen LogP contribution in [0.2, 0.25) is 0 Å². The van der Waals surface area contributed by atoms with Crippen molar-refractivity contribution in [1.29, 1.82) is 0 Å². The molecular weight excluding hydrogens is 380 g/mol. The molecule has 7 nitrogen and oxygen atoms in total. The van der Waals surface area contributed by atoms with Crippen LogP contribution in [-0.2, 0) is 18.3 Å². The van der Waals surface area contributed by atoms with E-state index in [2.05, 4.69) is 26.8 Å². The number of amides is 1. The van der Waals surface area contributed by atoms with Gasteiger partial charge in [-0.15, -0.1) is 0 Å². The molecule has 4 atom stereocenters. The van der Waals surface area contributed by atoms with Gasteiger partial charge in [-0.05, 0) is 56.4 Å².